The van der Waals surface area contributed by atoms with Gasteiger partial charge in [0.05, 0.1) is 30.9 Å². The Morgan fingerprint density at radius 2 is 1.67 bits per heavy atom. The van der Waals surface area contributed by atoms with Crippen molar-refractivity contribution in [3.63, 3.8) is 0 Å². The minimum Gasteiger partial charge on any atom is -0.493 e. The summed E-state index contributed by atoms with van der Waals surface area (Å²) in [6, 6.07) is 16.1. The van der Waals surface area contributed by atoms with E-state index in [2.05, 4.69) is 31.5 Å². The predicted octanol–water partition coefficient (Wildman–Crippen LogP) is 5.60. The van der Waals surface area contributed by atoms with Gasteiger partial charge in [-0.1, -0.05) is 6.07 Å². The second-order valence-electron chi connectivity index (χ2n) is 10.6. The van der Waals surface area contributed by atoms with Gasteiger partial charge in [0, 0.05) is 28.9 Å². The van der Waals surface area contributed by atoms with E-state index in [-0.39, 0.29) is 17.4 Å². The Morgan fingerprint density at radius 3 is 2.39 bits per heavy atom. The van der Waals surface area contributed by atoms with Crippen LogP contribution >= 0.6 is 27.7 Å². The minimum atomic E-state index is -0.568. The molecule has 0 atom stereocenters. The van der Waals surface area contributed by atoms with Crippen molar-refractivity contribution >= 4 is 73.8 Å². The largest absolute Gasteiger partial charge is 0.493 e. The van der Waals surface area contributed by atoms with E-state index in [4.69, 9.17) is 14.2 Å². The molecule has 4 amide bonds. The second-order valence-corrected chi connectivity index (χ2v) is 12.5. The summed E-state index contributed by atoms with van der Waals surface area (Å²) in [5.74, 6) is -0.734. The fourth-order valence-corrected chi connectivity index (χ4v) is 6.20. The zero-order chi connectivity index (χ0) is 32.8. The van der Waals surface area contributed by atoms with Gasteiger partial charge in [0.25, 0.3) is 17.1 Å². The number of morpholine rings is 1. The van der Waals surface area contributed by atoms with Gasteiger partial charge in [0.1, 0.15) is 6.54 Å². The number of amides is 4. The van der Waals surface area contributed by atoms with Gasteiger partial charge in [-0.25, -0.2) is 0 Å². The first-order valence-corrected chi connectivity index (χ1v) is 16.1. The third-order valence-corrected chi connectivity index (χ3v) is 8.97. The fraction of sp³-hybridized carbons (Fsp3) is 0.273. The number of carbonyl (C=O) groups is 4. The normalized spacial score (nSPS) is 15.7. The monoisotopic (exact) mass is 708 g/mol. The molecule has 0 aromatic heterocycles. The van der Waals surface area contributed by atoms with Crippen LogP contribution in [0.4, 0.5) is 21.9 Å². The quantitative estimate of drug-likeness (QED) is 0.259. The minimum absolute atomic E-state index is 0.168. The summed E-state index contributed by atoms with van der Waals surface area (Å²) in [5, 5.41) is 5.04. The zero-order valence-electron chi connectivity index (χ0n) is 25.6. The summed E-state index contributed by atoms with van der Waals surface area (Å²) < 4.78 is 17.3. The Labute approximate surface area is 279 Å². The van der Waals surface area contributed by atoms with E-state index in [1.165, 1.54) is 7.11 Å². The number of anilines is 3. The number of carbonyl (C=O) groups excluding carboxylic acids is 4. The van der Waals surface area contributed by atoms with Gasteiger partial charge in [-0.15, -0.1) is 0 Å². The van der Waals surface area contributed by atoms with Crippen LogP contribution in [0.1, 0.15) is 16.7 Å². The number of aryl methyl sites for hydroxylation is 2. The van der Waals surface area contributed by atoms with Crippen LogP contribution in [0, 0.1) is 13.8 Å². The first-order chi connectivity index (χ1) is 22.1. The van der Waals surface area contributed by atoms with Crippen molar-refractivity contribution in [3.8, 4) is 11.5 Å². The Morgan fingerprint density at radius 1 is 0.957 bits per heavy atom. The van der Waals surface area contributed by atoms with E-state index in [1.54, 1.807) is 36.4 Å². The number of ether oxygens (including phenoxy) is 3. The molecular formula is C33H33BrN4O7S. The predicted molar refractivity (Wildman–Crippen MR) is 182 cm³/mol. The molecular weight excluding hydrogens is 676 g/mol. The van der Waals surface area contributed by atoms with Gasteiger partial charge in [0.15, 0.2) is 18.1 Å². The van der Waals surface area contributed by atoms with Crippen molar-refractivity contribution in [2.75, 3.05) is 62.1 Å². The molecule has 0 unspecified atom stereocenters. The van der Waals surface area contributed by atoms with E-state index in [9.17, 15) is 19.2 Å². The van der Waals surface area contributed by atoms with Gasteiger partial charge in [0.2, 0.25) is 5.91 Å². The lowest BCUT2D eigenvalue weighted by Gasteiger charge is -2.28. The number of nitrogens with zero attached hydrogens (tertiary/aromatic N) is 2. The third kappa shape index (κ3) is 8.08. The third-order valence-electron chi connectivity index (χ3n) is 7.40. The Balaban J connectivity index is 1.17. The summed E-state index contributed by atoms with van der Waals surface area (Å²) in [5.41, 5.74) is 4.95. The molecule has 0 spiro atoms. The molecule has 2 aliphatic heterocycles. The molecule has 2 fully saturated rings. The molecule has 2 saturated heterocycles. The Kier molecular flexibility index (Phi) is 10.7. The van der Waals surface area contributed by atoms with Gasteiger partial charge in [-0.2, -0.15) is 0 Å². The average Bonchev–Trinajstić information content (AvgIpc) is 3.30. The highest BCUT2D eigenvalue weighted by Gasteiger charge is 2.36. The average molecular weight is 710 g/mol. The molecule has 2 N–H and O–H groups in total. The van der Waals surface area contributed by atoms with E-state index < -0.39 is 23.6 Å². The highest BCUT2D eigenvalue weighted by atomic mass is 79.9. The van der Waals surface area contributed by atoms with Crippen LogP contribution in [-0.2, 0) is 19.1 Å². The van der Waals surface area contributed by atoms with Crippen LogP contribution < -0.4 is 25.0 Å². The van der Waals surface area contributed by atoms with Crippen LogP contribution in [0.25, 0.3) is 6.08 Å². The van der Waals surface area contributed by atoms with Crippen LogP contribution in [0.15, 0.2) is 64.0 Å². The van der Waals surface area contributed by atoms with Crippen molar-refractivity contribution in [1.29, 1.82) is 0 Å². The topological polar surface area (TPSA) is 127 Å². The standard InChI is InChI=1S/C33H33BrN4O7S/c1-20-14-25(34)26(15-21(20)2)36-31(40)19-45-27-9-4-22(16-28(27)43-3)17-29-32(41)38(33(42)46-29)18-30(39)35-23-5-7-24(8-6-23)37-10-12-44-13-11-37/h4-9,14-17H,10-13,18-19H2,1-3H3,(H,35,39)(H,36,40)/b29-17+. The molecule has 2 heterocycles. The number of rotatable bonds is 10. The molecule has 11 nitrogen and oxygen atoms in total. The van der Waals surface area contributed by atoms with Gasteiger partial charge >= 0.3 is 0 Å². The number of hydrogen-bond acceptors (Lipinski definition) is 9. The van der Waals surface area contributed by atoms with Gasteiger partial charge < -0.3 is 29.7 Å². The first-order valence-electron chi connectivity index (χ1n) is 14.5. The van der Waals surface area contributed by atoms with Crippen molar-refractivity contribution in [2.45, 2.75) is 13.8 Å². The number of hydrogen-bond donors (Lipinski definition) is 2. The number of thioether (sulfide) groups is 1. The lowest BCUT2D eigenvalue weighted by molar-refractivity contribution is -0.127. The maximum Gasteiger partial charge on any atom is 0.294 e. The SMILES string of the molecule is COc1cc(/C=C2/SC(=O)N(CC(=O)Nc3ccc(N4CCOCC4)cc3)C2=O)ccc1OCC(=O)Nc1cc(C)c(C)cc1Br. The van der Waals surface area contributed by atoms with E-state index in [1.807, 2.05) is 38.1 Å². The number of methoxy groups -OCH3 is 1. The molecule has 3 aromatic rings. The summed E-state index contributed by atoms with van der Waals surface area (Å²) in [7, 11) is 1.46. The van der Waals surface area contributed by atoms with E-state index in [0.717, 1.165) is 51.0 Å². The van der Waals surface area contributed by atoms with Crippen molar-refractivity contribution < 1.29 is 33.4 Å². The lowest BCUT2D eigenvalue weighted by Crippen LogP contribution is -2.36. The fourth-order valence-electron chi connectivity index (χ4n) is 4.81. The van der Waals surface area contributed by atoms with Crippen molar-refractivity contribution in [1.82, 2.24) is 4.90 Å². The molecule has 0 aliphatic carbocycles. The van der Waals surface area contributed by atoms with Crippen LogP contribution in [0.5, 0.6) is 11.5 Å². The molecule has 3 aromatic carbocycles. The number of benzene rings is 3. The molecule has 0 saturated carbocycles. The van der Waals surface area contributed by atoms with Crippen molar-refractivity contribution in [3.05, 3.63) is 80.7 Å². The molecule has 5 rings (SSSR count). The van der Waals surface area contributed by atoms with Crippen LogP contribution in [0.2, 0.25) is 0 Å². The van der Waals surface area contributed by atoms with Gasteiger partial charge in [-0.05, 0) is 113 Å². The van der Waals surface area contributed by atoms with Gasteiger partial charge in [-0.3, -0.25) is 24.1 Å². The summed E-state index contributed by atoms with van der Waals surface area (Å²) >= 11 is 4.22. The highest BCUT2D eigenvalue weighted by molar-refractivity contribution is 9.10. The van der Waals surface area contributed by atoms with Crippen molar-refractivity contribution in [2.24, 2.45) is 0 Å². The number of nitrogens with one attached hydrogen (secondary N) is 2. The smallest absolute Gasteiger partial charge is 0.294 e. The maximum absolute atomic E-state index is 13.1. The maximum atomic E-state index is 13.1. The van der Waals surface area contributed by atoms with Crippen LogP contribution in [0.3, 0.4) is 0 Å². The molecule has 0 radical (unpaired) electrons. The zero-order valence-corrected chi connectivity index (χ0v) is 28.0. The summed E-state index contributed by atoms with van der Waals surface area (Å²) in [4.78, 5) is 54.3. The number of imide groups is 1. The Hall–Kier alpha value is -4.33. The molecule has 46 heavy (non-hydrogen) atoms. The molecule has 240 valence electrons. The molecule has 13 heteroatoms. The first kappa shape index (κ1) is 33.0. The Bertz CT molecular complexity index is 1690. The summed E-state index contributed by atoms with van der Waals surface area (Å²) in [6.45, 7) is 6.23. The van der Waals surface area contributed by atoms with E-state index in [0.29, 0.717) is 41.7 Å². The highest BCUT2D eigenvalue weighted by Crippen LogP contribution is 2.35. The van der Waals surface area contributed by atoms with E-state index >= 15 is 0 Å². The number of halogens is 1. The van der Waals surface area contributed by atoms with Crippen LogP contribution in [-0.4, -0.2) is 74.4 Å². The lowest BCUT2D eigenvalue weighted by atomic mass is 10.1. The molecule has 0 bridgehead atoms. The second kappa shape index (κ2) is 14.8. The summed E-state index contributed by atoms with van der Waals surface area (Å²) in [6.07, 6.45) is 1.55. The molecule has 2 aliphatic rings.